The lowest BCUT2D eigenvalue weighted by molar-refractivity contribution is -0.118. The zero-order valence-electron chi connectivity index (χ0n) is 14.6. The summed E-state index contributed by atoms with van der Waals surface area (Å²) in [5.41, 5.74) is 3.67. The number of amides is 1. The normalized spacial score (nSPS) is 14.9. The summed E-state index contributed by atoms with van der Waals surface area (Å²) >= 11 is 6.02. The Labute approximate surface area is 152 Å². The van der Waals surface area contributed by atoms with Crippen LogP contribution in [0.3, 0.4) is 0 Å². The second-order valence-electron chi connectivity index (χ2n) is 7.55. The van der Waals surface area contributed by atoms with E-state index in [-0.39, 0.29) is 11.3 Å². The SMILES string of the molecule is CC(C)(C)c1cc2c3c(ccc2o1)CCC(=O)N3c1ccc(Cl)cc1. The van der Waals surface area contributed by atoms with E-state index in [0.29, 0.717) is 11.4 Å². The van der Waals surface area contributed by atoms with Crippen LogP contribution in [0.5, 0.6) is 0 Å². The van der Waals surface area contributed by atoms with E-state index in [2.05, 4.69) is 32.9 Å². The minimum absolute atomic E-state index is 0.0876. The van der Waals surface area contributed by atoms with Crippen molar-refractivity contribution < 1.29 is 9.21 Å². The highest BCUT2D eigenvalue weighted by Crippen LogP contribution is 2.42. The highest BCUT2D eigenvalue weighted by Gasteiger charge is 2.29. The van der Waals surface area contributed by atoms with Crippen molar-refractivity contribution in [2.45, 2.75) is 39.0 Å². The Morgan fingerprint density at radius 3 is 2.44 bits per heavy atom. The lowest BCUT2D eigenvalue weighted by Crippen LogP contribution is -2.30. The van der Waals surface area contributed by atoms with Crippen LogP contribution in [-0.4, -0.2) is 5.91 Å². The fourth-order valence-corrected chi connectivity index (χ4v) is 3.44. The lowest BCUT2D eigenvalue weighted by Gasteiger charge is -2.30. The molecule has 0 saturated carbocycles. The molecule has 0 saturated heterocycles. The number of aryl methyl sites for hydroxylation is 1. The molecule has 3 nitrogen and oxygen atoms in total. The van der Waals surface area contributed by atoms with Crippen molar-refractivity contribution in [3.05, 3.63) is 58.8 Å². The first-order valence-corrected chi connectivity index (χ1v) is 8.87. The van der Waals surface area contributed by atoms with E-state index < -0.39 is 0 Å². The highest BCUT2D eigenvalue weighted by molar-refractivity contribution is 6.30. The van der Waals surface area contributed by atoms with Crippen molar-refractivity contribution >= 4 is 39.9 Å². The number of anilines is 2. The standard InChI is InChI=1S/C21H20ClNO2/c1-21(2,3)18-12-16-17(25-18)10-4-13-5-11-19(24)23(20(13)16)15-8-6-14(22)7-9-15/h4,6-10,12H,5,11H2,1-3H3. The molecule has 3 aromatic rings. The number of halogens is 1. The van der Waals surface area contributed by atoms with Crippen LogP contribution in [0.4, 0.5) is 11.4 Å². The Balaban J connectivity index is 1.96. The topological polar surface area (TPSA) is 33.5 Å². The van der Waals surface area contributed by atoms with Gasteiger partial charge in [-0.05, 0) is 48.4 Å². The van der Waals surface area contributed by atoms with Crippen LogP contribution in [0, 0.1) is 0 Å². The van der Waals surface area contributed by atoms with Crippen molar-refractivity contribution in [2.75, 3.05) is 4.90 Å². The summed E-state index contributed by atoms with van der Waals surface area (Å²) in [6.45, 7) is 6.37. The minimum atomic E-state index is -0.0876. The number of nitrogens with zero attached hydrogens (tertiary/aromatic N) is 1. The van der Waals surface area contributed by atoms with Gasteiger partial charge in [0.15, 0.2) is 0 Å². The molecule has 0 radical (unpaired) electrons. The minimum Gasteiger partial charge on any atom is -0.460 e. The molecule has 128 valence electrons. The maximum Gasteiger partial charge on any atom is 0.231 e. The number of benzene rings is 2. The number of carbonyl (C=O) groups is 1. The quantitative estimate of drug-likeness (QED) is 0.538. The Morgan fingerprint density at radius 1 is 1.04 bits per heavy atom. The number of hydrogen-bond acceptors (Lipinski definition) is 2. The highest BCUT2D eigenvalue weighted by atomic mass is 35.5. The summed E-state index contributed by atoms with van der Waals surface area (Å²) in [7, 11) is 0. The second-order valence-corrected chi connectivity index (χ2v) is 7.99. The molecule has 25 heavy (non-hydrogen) atoms. The maximum atomic E-state index is 12.8. The van der Waals surface area contributed by atoms with Gasteiger partial charge in [0.25, 0.3) is 0 Å². The van der Waals surface area contributed by atoms with E-state index in [1.807, 2.05) is 30.3 Å². The molecular weight excluding hydrogens is 334 g/mol. The van der Waals surface area contributed by atoms with Gasteiger partial charge in [0.05, 0.1) is 5.69 Å². The van der Waals surface area contributed by atoms with Gasteiger partial charge in [0.1, 0.15) is 11.3 Å². The molecular formula is C21H20ClNO2. The Hall–Kier alpha value is -2.26. The van der Waals surface area contributed by atoms with Gasteiger partial charge in [-0.15, -0.1) is 0 Å². The monoisotopic (exact) mass is 353 g/mol. The average molecular weight is 354 g/mol. The number of fused-ring (bicyclic) bond motifs is 3. The third kappa shape index (κ3) is 2.73. The molecule has 4 heteroatoms. The largest absolute Gasteiger partial charge is 0.460 e. The summed E-state index contributed by atoms with van der Waals surface area (Å²) in [6.07, 6.45) is 1.26. The smallest absolute Gasteiger partial charge is 0.231 e. The molecule has 2 aromatic carbocycles. The number of furan rings is 1. The zero-order valence-corrected chi connectivity index (χ0v) is 15.4. The van der Waals surface area contributed by atoms with Crippen LogP contribution in [0.25, 0.3) is 11.0 Å². The maximum absolute atomic E-state index is 12.8. The van der Waals surface area contributed by atoms with Gasteiger partial charge >= 0.3 is 0 Å². The molecule has 0 unspecified atom stereocenters. The Kier molecular flexibility index (Phi) is 3.66. The van der Waals surface area contributed by atoms with Gasteiger partial charge in [-0.2, -0.15) is 0 Å². The van der Waals surface area contributed by atoms with E-state index >= 15 is 0 Å². The summed E-state index contributed by atoms with van der Waals surface area (Å²) < 4.78 is 6.08. The molecule has 1 aliphatic rings. The number of hydrogen-bond donors (Lipinski definition) is 0. The summed E-state index contributed by atoms with van der Waals surface area (Å²) in [4.78, 5) is 14.6. The predicted octanol–water partition coefficient (Wildman–Crippen LogP) is 5.99. The first-order chi connectivity index (χ1) is 11.8. The molecule has 0 spiro atoms. The first-order valence-electron chi connectivity index (χ1n) is 8.49. The van der Waals surface area contributed by atoms with Crippen molar-refractivity contribution in [3.8, 4) is 0 Å². The van der Waals surface area contributed by atoms with Gasteiger partial charge in [0.2, 0.25) is 5.91 Å². The summed E-state index contributed by atoms with van der Waals surface area (Å²) in [5.74, 6) is 1.02. The van der Waals surface area contributed by atoms with Crippen LogP contribution in [-0.2, 0) is 16.6 Å². The molecule has 2 heterocycles. The number of rotatable bonds is 1. The number of carbonyl (C=O) groups excluding carboxylic acids is 1. The third-order valence-electron chi connectivity index (χ3n) is 4.66. The van der Waals surface area contributed by atoms with E-state index in [0.717, 1.165) is 34.5 Å². The van der Waals surface area contributed by atoms with Crippen LogP contribution in [0.1, 0.15) is 38.5 Å². The molecule has 0 atom stereocenters. The molecule has 4 rings (SSSR count). The molecule has 0 aliphatic carbocycles. The predicted molar refractivity (Wildman–Crippen MR) is 102 cm³/mol. The second kappa shape index (κ2) is 5.63. The van der Waals surface area contributed by atoms with Crippen molar-refractivity contribution in [2.24, 2.45) is 0 Å². The van der Waals surface area contributed by atoms with Crippen LogP contribution >= 0.6 is 11.6 Å². The van der Waals surface area contributed by atoms with Crippen LogP contribution in [0.15, 0.2) is 46.9 Å². The summed E-state index contributed by atoms with van der Waals surface area (Å²) in [5, 5.41) is 1.65. The molecule has 1 aromatic heterocycles. The third-order valence-corrected chi connectivity index (χ3v) is 4.91. The molecule has 0 fully saturated rings. The van der Waals surface area contributed by atoms with Gasteiger partial charge in [-0.3, -0.25) is 9.69 Å². The van der Waals surface area contributed by atoms with E-state index in [1.165, 1.54) is 5.56 Å². The van der Waals surface area contributed by atoms with Crippen molar-refractivity contribution in [1.82, 2.24) is 0 Å². The molecule has 0 bridgehead atoms. The first kappa shape index (κ1) is 16.2. The van der Waals surface area contributed by atoms with Crippen molar-refractivity contribution in [1.29, 1.82) is 0 Å². The van der Waals surface area contributed by atoms with Crippen LogP contribution in [0.2, 0.25) is 5.02 Å². The van der Waals surface area contributed by atoms with Gasteiger partial charge in [-0.25, -0.2) is 0 Å². The van der Waals surface area contributed by atoms with E-state index in [1.54, 1.807) is 4.90 Å². The average Bonchev–Trinajstić information content (AvgIpc) is 3.00. The van der Waals surface area contributed by atoms with Crippen molar-refractivity contribution in [3.63, 3.8) is 0 Å². The molecule has 1 aliphatic heterocycles. The zero-order chi connectivity index (χ0) is 17.8. The van der Waals surface area contributed by atoms with Gasteiger partial charge < -0.3 is 4.42 Å². The van der Waals surface area contributed by atoms with Crippen LogP contribution < -0.4 is 4.90 Å². The van der Waals surface area contributed by atoms with E-state index in [4.69, 9.17) is 16.0 Å². The molecule has 0 N–H and O–H groups in total. The summed E-state index contributed by atoms with van der Waals surface area (Å²) in [6, 6.07) is 13.6. The Bertz CT molecular complexity index is 964. The lowest BCUT2D eigenvalue weighted by atomic mass is 9.92. The van der Waals surface area contributed by atoms with E-state index in [9.17, 15) is 4.79 Å². The fraction of sp³-hybridized carbons (Fsp3) is 0.286. The van der Waals surface area contributed by atoms with Gasteiger partial charge in [0, 0.05) is 27.9 Å². The Morgan fingerprint density at radius 2 is 1.76 bits per heavy atom. The fourth-order valence-electron chi connectivity index (χ4n) is 3.32. The molecule has 1 amide bonds. The van der Waals surface area contributed by atoms with Gasteiger partial charge in [-0.1, -0.05) is 38.4 Å².